The van der Waals surface area contributed by atoms with Crippen molar-refractivity contribution in [3.05, 3.63) is 65.0 Å². The lowest BCUT2D eigenvalue weighted by Crippen LogP contribution is -2.31. The zero-order valence-corrected chi connectivity index (χ0v) is 14.4. The van der Waals surface area contributed by atoms with Crippen molar-refractivity contribution in [1.82, 2.24) is 15.6 Å². The Bertz CT molecular complexity index is 693. The molecule has 0 saturated carbocycles. The van der Waals surface area contributed by atoms with Crippen molar-refractivity contribution in [2.45, 2.75) is 38.6 Å². The average Bonchev–Trinajstić information content (AvgIpc) is 2.63. The van der Waals surface area contributed by atoms with E-state index in [0.717, 1.165) is 48.4 Å². The number of amides is 1. The van der Waals surface area contributed by atoms with Gasteiger partial charge in [-0.3, -0.25) is 9.78 Å². The monoisotopic (exact) mass is 323 g/mol. The van der Waals surface area contributed by atoms with E-state index in [1.54, 1.807) is 0 Å². The van der Waals surface area contributed by atoms with E-state index in [4.69, 9.17) is 4.98 Å². The van der Waals surface area contributed by atoms with E-state index in [1.165, 1.54) is 0 Å². The number of carbonyl (C=O) groups is 1. The first kappa shape index (κ1) is 16.7. The van der Waals surface area contributed by atoms with Gasteiger partial charge < -0.3 is 10.6 Å². The molecule has 1 aliphatic rings. The number of hydrogen-bond acceptors (Lipinski definition) is 3. The van der Waals surface area contributed by atoms with E-state index in [1.807, 2.05) is 56.3 Å². The fourth-order valence-corrected chi connectivity index (χ4v) is 3.27. The van der Waals surface area contributed by atoms with Crippen molar-refractivity contribution in [3.8, 4) is 0 Å². The van der Waals surface area contributed by atoms with Crippen LogP contribution in [0.5, 0.6) is 0 Å². The Kier molecular flexibility index (Phi) is 5.26. The number of rotatable bonds is 4. The van der Waals surface area contributed by atoms with Gasteiger partial charge in [0.25, 0.3) is 5.91 Å². The SMILES string of the molecule is Cc1ccc(C(=O)NC(C)c2ccccc2)c(C2CCNCC2)n1. The summed E-state index contributed by atoms with van der Waals surface area (Å²) in [5.74, 6) is 0.325. The number of carbonyl (C=O) groups excluding carboxylic acids is 1. The maximum absolute atomic E-state index is 12.8. The highest BCUT2D eigenvalue weighted by molar-refractivity contribution is 5.95. The number of nitrogens with zero attached hydrogens (tertiary/aromatic N) is 1. The Hall–Kier alpha value is -2.20. The summed E-state index contributed by atoms with van der Waals surface area (Å²) in [7, 11) is 0. The summed E-state index contributed by atoms with van der Waals surface area (Å²) < 4.78 is 0. The van der Waals surface area contributed by atoms with Crippen molar-refractivity contribution in [3.63, 3.8) is 0 Å². The van der Waals surface area contributed by atoms with E-state index in [2.05, 4.69) is 10.6 Å². The average molecular weight is 323 g/mol. The van der Waals surface area contributed by atoms with Crippen molar-refractivity contribution in [2.75, 3.05) is 13.1 Å². The van der Waals surface area contributed by atoms with E-state index >= 15 is 0 Å². The second-order valence-corrected chi connectivity index (χ2v) is 6.52. The molecule has 1 unspecified atom stereocenters. The van der Waals surface area contributed by atoms with E-state index in [0.29, 0.717) is 5.92 Å². The molecule has 2 aromatic rings. The molecule has 4 heteroatoms. The first-order chi connectivity index (χ1) is 11.6. The molecule has 0 radical (unpaired) electrons. The van der Waals surface area contributed by atoms with Gasteiger partial charge in [-0.05, 0) is 57.5 Å². The molecule has 1 fully saturated rings. The minimum absolute atomic E-state index is 0.0270. The lowest BCUT2D eigenvalue weighted by atomic mass is 9.90. The van der Waals surface area contributed by atoms with Crippen molar-refractivity contribution >= 4 is 5.91 Å². The first-order valence-electron chi connectivity index (χ1n) is 8.69. The number of pyridine rings is 1. The summed E-state index contributed by atoms with van der Waals surface area (Å²) in [6.07, 6.45) is 2.07. The summed E-state index contributed by atoms with van der Waals surface area (Å²) in [4.78, 5) is 17.5. The van der Waals surface area contributed by atoms with E-state index in [-0.39, 0.29) is 11.9 Å². The van der Waals surface area contributed by atoms with E-state index in [9.17, 15) is 4.79 Å². The highest BCUT2D eigenvalue weighted by Gasteiger charge is 2.23. The lowest BCUT2D eigenvalue weighted by Gasteiger charge is -2.24. The van der Waals surface area contributed by atoms with Gasteiger partial charge in [0.2, 0.25) is 0 Å². The zero-order valence-electron chi connectivity index (χ0n) is 14.4. The molecule has 1 amide bonds. The van der Waals surface area contributed by atoms with Crippen molar-refractivity contribution in [1.29, 1.82) is 0 Å². The molecule has 1 aliphatic heterocycles. The number of hydrogen-bond donors (Lipinski definition) is 2. The topological polar surface area (TPSA) is 54.0 Å². The minimum Gasteiger partial charge on any atom is -0.345 e. The zero-order chi connectivity index (χ0) is 16.9. The maximum Gasteiger partial charge on any atom is 0.253 e. The van der Waals surface area contributed by atoms with Crippen LogP contribution in [0.15, 0.2) is 42.5 Å². The van der Waals surface area contributed by atoms with Gasteiger partial charge in [-0.25, -0.2) is 0 Å². The van der Waals surface area contributed by atoms with Crippen LogP contribution in [-0.2, 0) is 0 Å². The van der Waals surface area contributed by atoms with Crippen molar-refractivity contribution in [2.24, 2.45) is 0 Å². The standard InChI is InChI=1S/C20H25N3O/c1-14-8-9-18(19(22-14)17-10-12-21-13-11-17)20(24)23-15(2)16-6-4-3-5-7-16/h3-9,15,17,21H,10-13H2,1-2H3,(H,23,24). The third kappa shape index (κ3) is 3.82. The minimum atomic E-state index is -0.0348. The summed E-state index contributed by atoms with van der Waals surface area (Å²) >= 11 is 0. The largest absolute Gasteiger partial charge is 0.345 e. The molecule has 2 heterocycles. The number of aromatic nitrogens is 1. The smallest absolute Gasteiger partial charge is 0.253 e. The van der Waals surface area contributed by atoms with Crippen LogP contribution in [-0.4, -0.2) is 24.0 Å². The lowest BCUT2D eigenvalue weighted by molar-refractivity contribution is 0.0937. The second kappa shape index (κ2) is 7.58. The molecular weight excluding hydrogens is 298 g/mol. The molecule has 24 heavy (non-hydrogen) atoms. The molecule has 1 atom stereocenters. The molecule has 0 spiro atoms. The molecule has 126 valence electrons. The fraction of sp³-hybridized carbons (Fsp3) is 0.400. The maximum atomic E-state index is 12.8. The Morgan fingerprint density at radius 3 is 2.58 bits per heavy atom. The van der Waals surface area contributed by atoms with Gasteiger partial charge in [-0.15, -0.1) is 0 Å². The summed E-state index contributed by atoms with van der Waals surface area (Å²) in [6, 6.07) is 13.9. The van der Waals surface area contributed by atoms with E-state index < -0.39 is 0 Å². The second-order valence-electron chi connectivity index (χ2n) is 6.52. The quantitative estimate of drug-likeness (QED) is 0.907. The first-order valence-corrected chi connectivity index (χ1v) is 8.69. The van der Waals surface area contributed by atoms with Gasteiger partial charge in [0.15, 0.2) is 0 Å². The van der Waals surface area contributed by atoms with Crippen LogP contribution < -0.4 is 10.6 Å². The highest BCUT2D eigenvalue weighted by atomic mass is 16.1. The molecule has 2 N–H and O–H groups in total. The Morgan fingerprint density at radius 1 is 1.17 bits per heavy atom. The van der Waals surface area contributed by atoms with Crippen LogP contribution in [0.25, 0.3) is 0 Å². The Morgan fingerprint density at radius 2 is 1.88 bits per heavy atom. The van der Waals surface area contributed by atoms with Gasteiger partial charge in [0.05, 0.1) is 17.3 Å². The number of aryl methyl sites for hydroxylation is 1. The molecule has 1 saturated heterocycles. The summed E-state index contributed by atoms with van der Waals surface area (Å²) in [6.45, 7) is 5.97. The third-order valence-corrected chi connectivity index (χ3v) is 4.68. The predicted octanol–water partition coefficient (Wildman–Crippen LogP) is 3.35. The van der Waals surface area contributed by atoms with Crippen LogP contribution in [0.2, 0.25) is 0 Å². The summed E-state index contributed by atoms with van der Waals surface area (Å²) in [5.41, 5.74) is 3.75. The molecule has 4 nitrogen and oxygen atoms in total. The fourth-order valence-electron chi connectivity index (χ4n) is 3.27. The van der Waals surface area contributed by atoms with Crippen LogP contribution in [0.3, 0.4) is 0 Å². The van der Waals surface area contributed by atoms with Crippen LogP contribution >= 0.6 is 0 Å². The number of piperidine rings is 1. The molecule has 0 aliphatic carbocycles. The third-order valence-electron chi connectivity index (χ3n) is 4.68. The number of nitrogens with one attached hydrogen (secondary N) is 2. The molecule has 1 aromatic heterocycles. The van der Waals surface area contributed by atoms with Gasteiger partial charge in [-0.1, -0.05) is 30.3 Å². The van der Waals surface area contributed by atoms with Gasteiger partial charge in [-0.2, -0.15) is 0 Å². The highest BCUT2D eigenvalue weighted by Crippen LogP contribution is 2.27. The van der Waals surface area contributed by atoms with Crippen LogP contribution in [0.4, 0.5) is 0 Å². The molecule has 1 aromatic carbocycles. The Balaban J connectivity index is 1.81. The predicted molar refractivity (Wildman–Crippen MR) is 96.1 cm³/mol. The van der Waals surface area contributed by atoms with Gasteiger partial charge >= 0.3 is 0 Å². The summed E-state index contributed by atoms with van der Waals surface area (Å²) in [5, 5.41) is 6.49. The van der Waals surface area contributed by atoms with Gasteiger partial charge in [0.1, 0.15) is 0 Å². The number of benzene rings is 1. The van der Waals surface area contributed by atoms with Gasteiger partial charge in [0, 0.05) is 11.6 Å². The van der Waals surface area contributed by atoms with Crippen LogP contribution in [0, 0.1) is 6.92 Å². The van der Waals surface area contributed by atoms with Crippen molar-refractivity contribution < 1.29 is 4.79 Å². The molecular formula is C20H25N3O. The molecule has 0 bridgehead atoms. The van der Waals surface area contributed by atoms with Crippen LogP contribution in [0.1, 0.15) is 59.0 Å². The molecule has 3 rings (SSSR count). The normalized spacial score (nSPS) is 16.6. The Labute approximate surface area is 143 Å².